The van der Waals surface area contributed by atoms with Gasteiger partial charge in [0, 0.05) is 6.54 Å². The van der Waals surface area contributed by atoms with Gasteiger partial charge in [0.05, 0.1) is 17.1 Å². The summed E-state index contributed by atoms with van der Waals surface area (Å²) in [5.74, 6) is -1.34. The first-order chi connectivity index (χ1) is 10.9. The van der Waals surface area contributed by atoms with Gasteiger partial charge < -0.3 is 10.1 Å². The Hall–Kier alpha value is -1.22. The van der Waals surface area contributed by atoms with Gasteiger partial charge in [-0.25, -0.2) is 22.3 Å². The summed E-state index contributed by atoms with van der Waals surface area (Å²) in [4.78, 5) is 11.4. The molecule has 0 spiro atoms. The third-order valence-corrected chi connectivity index (χ3v) is 5.06. The molecule has 1 atom stereocenters. The van der Waals surface area contributed by atoms with Crippen molar-refractivity contribution in [2.24, 2.45) is 5.92 Å². The van der Waals surface area contributed by atoms with Crippen LogP contribution in [0.25, 0.3) is 0 Å². The van der Waals surface area contributed by atoms with Gasteiger partial charge in [0.25, 0.3) is 0 Å². The minimum Gasteiger partial charge on any atom is -0.462 e. The second-order valence-electron chi connectivity index (χ2n) is 5.46. The third kappa shape index (κ3) is 5.70. The van der Waals surface area contributed by atoms with Gasteiger partial charge in [0.15, 0.2) is 0 Å². The van der Waals surface area contributed by atoms with Crippen LogP contribution >= 0.6 is 12.4 Å². The minimum atomic E-state index is -3.88. The monoisotopic (exact) mass is 380 g/mol. The van der Waals surface area contributed by atoms with Crippen LogP contribution in [-0.4, -0.2) is 40.6 Å². The number of hydrogen-bond donors (Lipinski definition) is 2. The van der Waals surface area contributed by atoms with Gasteiger partial charge >= 0.3 is 5.97 Å². The van der Waals surface area contributed by atoms with Crippen molar-refractivity contribution in [1.29, 1.82) is 0 Å². The van der Waals surface area contributed by atoms with Crippen LogP contribution in [0.4, 0.5) is 4.39 Å². The van der Waals surface area contributed by atoms with Crippen LogP contribution in [0.1, 0.15) is 30.1 Å². The van der Waals surface area contributed by atoms with Crippen LogP contribution in [0.15, 0.2) is 23.1 Å². The van der Waals surface area contributed by atoms with Gasteiger partial charge in [-0.3, -0.25) is 0 Å². The highest BCUT2D eigenvalue weighted by atomic mass is 35.5. The summed E-state index contributed by atoms with van der Waals surface area (Å²) < 4.78 is 45.5. The molecule has 1 aromatic carbocycles. The highest BCUT2D eigenvalue weighted by Crippen LogP contribution is 2.16. The van der Waals surface area contributed by atoms with E-state index in [4.69, 9.17) is 4.74 Å². The van der Waals surface area contributed by atoms with E-state index in [0.717, 1.165) is 44.1 Å². The molecule has 1 aliphatic rings. The number of ether oxygens (including phenoxy) is 1. The van der Waals surface area contributed by atoms with Crippen molar-refractivity contribution in [1.82, 2.24) is 10.0 Å². The summed E-state index contributed by atoms with van der Waals surface area (Å²) >= 11 is 0. The van der Waals surface area contributed by atoms with Gasteiger partial charge in [-0.05, 0) is 57.0 Å². The molecule has 0 bridgehead atoms. The molecule has 1 fully saturated rings. The quantitative estimate of drug-likeness (QED) is 0.734. The molecule has 1 aromatic rings. The largest absolute Gasteiger partial charge is 0.462 e. The van der Waals surface area contributed by atoms with E-state index in [9.17, 15) is 17.6 Å². The first-order valence-corrected chi connectivity index (χ1v) is 9.09. The van der Waals surface area contributed by atoms with E-state index in [2.05, 4.69) is 10.0 Å². The van der Waals surface area contributed by atoms with E-state index >= 15 is 0 Å². The molecular formula is C15H22ClFN2O4S. The van der Waals surface area contributed by atoms with E-state index in [1.54, 1.807) is 6.92 Å². The van der Waals surface area contributed by atoms with Gasteiger partial charge in [-0.1, -0.05) is 0 Å². The topological polar surface area (TPSA) is 84.5 Å². The third-order valence-electron chi connectivity index (χ3n) is 3.65. The van der Waals surface area contributed by atoms with Crippen molar-refractivity contribution in [2.45, 2.75) is 24.7 Å². The fourth-order valence-electron chi connectivity index (χ4n) is 2.46. The Balaban J connectivity index is 0.00000288. The Morgan fingerprint density at radius 3 is 2.79 bits per heavy atom. The normalized spacial score (nSPS) is 17.8. The average Bonchev–Trinajstić information content (AvgIpc) is 2.54. The minimum absolute atomic E-state index is 0. The van der Waals surface area contributed by atoms with Crippen LogP contribution in [0.2, 0.25) is 0 Å². The molecule has 136 valence electrons. The van der Waals surface area contributed by atoms with Crippen LogP contribution in [-0.2, 0) is 14.8 Å². The second-order valence-corrected chi connectivity index (χ2v) is 7.23. The molecule has 0 aromatic heterocycles. The SMILES string of the molecule is CCOC(=O)c1cc(F)cc(S(=O)(=O)NCC2CCCNC2)c1.Cl. The van der Waals surface area contributed by atoms with Crippen LogP contribution in [0.3, 0.4) is 0 Å². The highest BCUT2D eigenvalue weighted by molar-refractivity contribution is 7.89. The summed E-state index contributed by atoms with van der Waals surface area (Å²) in [5.41, 5.74) is -0.119. The van der Waals surface area contributed by atoms with Gasteiger partial charge in [-0.15, -0.1) is 12.4 Å². The predicted octanol–water partition coefficient (Wildman–Crippen LogP) is 1.70. The van der Waals surface area contributed by atoms with Crippen molar-refractivity contribution < 1.29 is 22.3 Å². The van der Waals surface area contributed by atoms with E-state index in [-0.39, 0.29) is 41.9 Å². The highest BCUT2D eigenvalue weighted by Gasteiger charge is 2.21. The molecule has 2 N–H and O–H groups in total. The lowest BCUT2D eigenvalue weighted by Gasteiger charge is -2.22. The fraction of sp³-hybridized carbons (Fsp3) is 0.533. The van der Waals surface area contributed by atoms with Crippen molar-refractivity contribution in [3.8, 4) is 0 Å². The van der Waals surface area contributed by atoms with E-state index in [0.29, 0.717) is 0 Å². The van der Waals surface area contributed by atoms with Gasteiger partial charge in [0.2, 0.25) is 10.0 Å². The number of halogens is 2. The van der Waals surface area contributed by atoms with Crippen molar-refractivity contribution in [2.75, 3.05) is 26.2 Å². The summed E-state index contributed by atoms with van der Waals surface area (Å²) in [6.07, 6.45) is 1.94. The Morgan fingerprint density at radius 1 is 1.42 bits per heavy atom. The van der Waals surface area contributed by atoms with Crippen LogP contribution in [0, 0.1) is 11.7 Å². The van der Waals surface area contributed by atoms with E-state index in [1.807, 2.05) is 0 Å². The number of piperidine rings is 1. The molecule has 0 amide bonds. The molecule has 1 aliphatic heterocycles. The molecule has 0 aliphatic carbocycles. The molecular weight excluding hydrogens is 359 g/mol. The number of hydrogen-bond acceptors (Lipinski definition) is 5. The first-order valence-electron chi connectivity index (χ1n) is 7.60. The Kier molecular flexibility index (Phi) is 8.08. The zero-order valence-corrected chi connectivity index (χ0v) is 15.0. The van der Waals surface area contributed by atoms with Crippen LogP contribution in [0.5, 0.6) is 0 Å². The lowest BCUT2D eigenvalue weighted by Crippen LogP contribution is -2.38. The Bertz CT molecular complexity index is 663. The number of carbonyl (C=O) groups excluding carboxylic acids is 1. The summed E-state index contributed by atoms with van der Waals surface area (Å²) in [5, 5.41) is 3.20. The fourth-order valence-corrected chi connectivity index (χ4v) is 3.63. The number of esters is 1. The maximum absolute atomic E-state index is 13.6. The molecule has 0 saturated carbocycles. The molecule has 1 unspecified atom stereocenters. The molecule has 1 heterocycles. The summed E-state index contributed by atoms with van der Waals surface area (Å²) in [6, 6.07) is 2.98. The zero-order valence-electron chi connectivity index (χ0n) is 13.4. The number of benzene rings is 1. The maximum atomic E-state index is 13.6. The standard InChI is InChI=1S/C15H21FN2O4S.ClH/c1-2-22-15(19)12-6-13(16)8-14(7-12)23(20,21)18-10-11-4-3-5-17-9-11;/h6-8,11,17-18H,2-5,9-10H2,1H3;1H. The van der Waals surface area contributed by atoms with Gasteiger partial charge in [0.1, 0.15) is 5.82 Å². The van der Waals surface area contributed by atoms with Crippen molar-refractivity contribution in [3.63, 3.8) is 0 Å². The number of nitrogens with one attached hydrogen (secondary N) is 2. The van der Waals surface area contributed by atoms with Crippen molar-refractivity contribution in [3.05, 3.63) is 29.6 Å². The zero-order chi connectivity index (χ0) is 16.9. The van der Waals surface area contributed by atoms with Crippen LogP contribution < -0.4 is 10.0 Å². The molecule has 9 heteroatoms. The lowest BCUT2D eigenvalue weighted by molar-refractivity contribution is 0.0525. The molecule has 0 radical (unpaired) electrons. The Labute approximate surface area is 147 Å². The second kappa shape index (κ2) is 9.31. The summed E-state index contributed by atoms with van der Waals surface area (Å²) in [7, 11) is -3.88. The van der Waals surface area contributed by atoms with Gasteiger partial charge in [-0.2, -0.15) is 0 Å². The molecule has 1 saturated heterocycles. The van der Waals surface area contributed by atoms with E-state index < -0.39 is 21.8 Å². The molecule has 2 rings (SSSR count). The number of rotatable bonds is 6. The lowest BCUT2D eigenvalue weighted by atomic mass is 10.0. The number of carbonyl (C=O) groups is 1. The average molecular weight is 381 g/mol. The maximum Gasteiger partial charge on any atom is 0.338 e. The number of sulfonamides is 1. The molecule has 24 heavy (non-hydrogen) atoms. The summed E-state index contributed by atoms with van der Waals surface area (Å²) in [6.45, 7) is 3.72. The molecule has 6 nitrogen and oxygen atoms in total. The smallest absolute Gasteiger partial charge is 0.338 e. The predicted molar refractivity (Wildman–Crippen MR) is 90.4 cm³/mol. The van der Waals surface area contributed by atoms with E-state index in [1.165, 1.54) is 0 Å². The first kappa shape index (κ1) is 20.8. The van der Waals surface area contributed by atoms with Crippen molar-refractivity contribution >= 4 is 28.4 Å². The Morgan fingerprint density at radius 2 is 2.17 bits per heavy atom.